The quantitative estimate of drug-likeness (QED) is 0.373. The van der Waals surface area contributed by atoms with Crippen molar-refractivity contribution in [2.75, 3.05) is 0 Å². The number of pyridine rings is 1. The van der Waals surface area contributed by atoms with Crippen molar-refractivity contribution >= 4 is 22.7 Å². The molecule has 4 aromatic rings. The summed E-state index contributed by atoms with van der Waals surface area (Å²) in [5.74, 6) is -0.875. The van der Waals surface area contributed by atoms with E-state index in [1.807, 2.05) is 0 Å². The van der Waals surface area contributed by atoms with Gasteiger partial charge in [0.2, 0.25) is 5.88 Å². The van der Waals surface area contributed by atoms with Crippen molar-refractivity contribution in [2.45, 2.75) is 16.9 Å². The van der Waals surface area contributed by atoms with E-state index in [2.05, 4.69) is 4.98 Å². The lowest BCUT2D eigenvalue weighted by molar-refractivity contribution is -0.0328. The molecule has 2 heterocycles. The third-order valence-electron chi connectivity index (χ3n) is 4.41. The highest BCUT2D eigenvalue weighted by atomic mass is 32.2. The van der Waals surface area contributed by atoms with Gasteiger partial charge in [0.15, 0.2) is 0 Å². The minimum Gasteiger partial charge on any atom is -0.493 e. The first kappa shape index (κ1) is 20.0. The second-order valence-corrected chi connectivity index (χ2v) is 7.52. The Morgan fingerprint density at radius 1 is 1.07 bits per heavy atom. The van der Waals surface area contributed by atoms with Crippen LogP contribution in [0.1, 0.15) is 5.56 Å². The topological polar surface area (TPSA) is 60.1 Å². The van der Waals surface area contributed by atoms with Crippen LogP contribution in [0.5, 0.6) is 5.88 Å². The van der Waals surface area contributed by atoms with E-state index in [1.165, 1.54) is 53.4 Å². The molecule has 0 aliphatic carbocycles. The van der Waals surface area contributed by atoms with Gasteiger partial charge >= 0.3 is 11.2 Å². The number of alkyl halides is 3. The van der Waals surface area contributed by atoms with Gasteiger partial charge in [0, 0.05) is 16.5 Å². The van der Waals surface area contributed by atoms with Crippen LogP contribution < -0.4 is 5.69 Å². The number of fused-ring (bicyclic) bond motifs is 1. The van der Waals surface area contributed by atoms with Crippen LogP contribution in [-0.2, 0) is 6.54 Å². The minimum atomic E-state index is -4.42. The van der Waals surface area contributed by atoms with E-state index < -0.39 is 22.9 Å². The molecule has 5 nitrogen and oxygen atoms in total. The molecule has 2 aromatic heterocycles. The highest BCUT2D eigenvalue weighted by molar-refractivity contribution is 8.00. The Bertz CT molecular complexity index is 1270. The fraction of sp³-hybridized carbons (Fsp3) is 0.100. The van der Waals surface area contributed by atoms with Crippen LogP contribution in [0.2, 0.25) is 0 Å². The molecule has 0 spiro atoms. The maximum Gasteiger partial charge on any atom is 0.446 e. The van der Waals surface area contributed by atoms with Crippen molar-refractivity contribution in [1.29, 1.82) is 0 Å². The van der Waals surface area contributed by atoms with Crippen LogP contribution in [0.25, 0.3) is 16.6 Å². The Morgan fingerprint density at radius 2 is 1.80 bits per heavy atom. The number of aromatic hydroxyl groups is 1. The van der Waals surface area contributed by atoms with Crippen LogP contribution >= 0.6 is 11.8 Å². The van der Waals surface area contributed by atoms with E-state index in [-0.39, 0.29) is 34.3 Å². The number of hydrogen-bond donors (Lipinski definition) is 1. The molecule has 0 aliphatic rings. The van der Waals surface area contributed by atoms with Gasteiger partial charge in [-0.25, -0.2) is 13.8 Å². The summed E-state index contributed by atoms with van der Waals surface area (Å²) in [7, 11) is 0. The number of aromatic nitrogens is 3. The summed E-state index contributed by atoms with van der Waals surface area (Å²) in [4.78, 5) is 16.9. The summed E-state index contributed by atoms with van der Waals surface area (Å²) >= 11 is -0.274. The Kier molecular flexibility index (Phi) is 5.02. The lowest BCUT2D eigenvalue weighted by Gasteiger charge is -2.08. The minimum absolute atomic E-state index is 0.0264. The number of nitrogens with zero attached hydrogens (tertiary/aromatic N) is 3. The molecule has 0 unspecified atom stereocenters. The molecule has 10 heteroatoms. The summed E-state index contributed by atoms with van der Waals surface area (Å²) in [5, 5.41) is 10.5. The average molecular weight is 435 g/mol. The monoisotopic (exact) mass is 435 g/mol. The SMILES string of the molecule is O=c1n(Cc2ccnc3cccc(F)c23)cc(O)n1-c1ccc(SC(F)(F)F)cc1. The molecule has 0 atom stereocenters. The first-order valence-corrected chi connectivity index (χ1v) is 9.44. The molecule has 4 rings (SSSR count). The summed E-state index contributed by atoms with van der Waals surface area (Å²) in [6.07, 6.45) is 2.68. The Morgan fingerprint density at radius 3 is 2.50 bits per heavy atom. The molecule has 1 N–H and O–H groups in total. The van der Waals surface area contributed by atoms with Crippen molar-refractivity contribution < 1.29 is 22.7 Å². The van der Waals surface area contributed by atoms with Crippen molar-refractivity contribution in [3.05, 3.63) is 82.8 Å². The molecule has 0 bridgehead atoms. The highest BCUT2D eigenvalue weighted by Crippen LogP contribution is 2.37. The van der Waals surface area contributed by atoms with Crippen LogP contribution in [0, 0.1) is 5.82 Å². The van der Waals surface area contributed by atoms with E-state index >= 15 is 0 Å². The predicted octanol–water partition coefficient (Wildman–Crippen LogP) is 4.69. The largest absolute Gasteiger partial charge is 0.493 e. The van der Waals surface area contributed by atoms with Crippen molar-refractivity contribution in [3.63, 3.8) is 0 Å². The third-order valence-corrected chi connectivity index (χ3v) is 5.15. The first-order chi connectivity index (χ1) is 14.2. The smallest absolute Gasteiger partial charge is 0.446 e. The summed E-state index contributed by atoms with van der Waals surface area (Å²) in [6.45, 7) is -0.0264. The molecule has 2 aromatic carbocycles. The van der Waals surface area contributed by atoms with Crippen LogP contribution in [0.4, 0.5) is 17.6 Å². The third kappa shape index (κ3) is 3.90. The van der Waals surface area contributed by atoms with E-state index in [1.54, 1.807) is 12.1 Å². The highest BCUT2D eigenvalue weighted by Gasteiger charge is 2.29. The van der Waals surface area contributed by atoms with Gasteiger partial charge < -0.3 is 5.11 Å². The molecule has 0 amide bonds. The van der Waals surface area contributed by atoms with E-state index in [0.29, 0.717) is 11.1 Å². The first-order valence-electron chi connectivity index (χ1n) is 8.62. The molecule has 0 radical (unpaired) electrons. The Hall–Kier alpha value is -3.27. The summed E-state index contributed by atoms with van der Waals surface area (Å²) in [5.41, 5.74) is -3.92. The van der Waals surface area contributed by atoms with Crippen molar-refractivity contribution in [1.82, 2.24) is 14.1 Å². The maximum absolute atomic E-state index is 14.3. The number of benzene rings is 2. The molecule has 0 fully saturated rings. The molecule has 0 aliphatic heterocycles. The van der Waals surface area contributed by atoms with Crippen LogP contribution in [0.3, 0.4) is 0 Å². The summed E-state index contributed by atoms with van der Waals surface area (Å²) in [6, 6.07) is 11.1. The van der Waals surface area contributed by atoms with Crippen LogP contribution in [0.15, 0.2) is 70.6 Å². The molecule has 30 heavy (non-hydrogen) atoms. The Balaban J connectivity index is 1.70. The lowest BCUT2D eigenvalue weighted by Crippen LogP contribution is -2.23. The van der Waals surface area contributed by atoms with E-state index in [9.17, 15) is 27.5 Å². The van der Waals surface area contributed by atoms with Gasteiger partial charge in [-0.15, -0.1) is 0 Å². The molecule has 154 valence electrons. The lowest BCUT2D eigenvalue weighted by atomic mass is 10.1. The van der Waals surface area contributed by atoms with Gasteiger partial charge in [0.25, 0.3) is 0 Å². The number of imidazole rings is 1. The number of halogens is 4. The second-order valence-electron chi connectivity index (χ2n) is 6.38. The maximum atomic E-state index is 14.3. The zero-order valence-electron chi connectivity index (χ0n) is 15.1. The van der Waals surface area contributed by atoms with E-state index in [4.69, 9.17) is 0 Å². The number of thioether (sulfide) groups is 1. The fourth-order valence-electron chi connectivity index (χ4n) is 3.18. The van der Waals surface area contributed by atoms with Gasteiger partial charge in [-0.3, -0.25) is 9.55 Å². The van der Waals surface area contributed by atoms with Crippen LogP contribution in [-0.4, -0.2) is 24.7 Å². The molecular weight excluding hydrogens is 422 g/mol. The molecular formula is C20H13F4N3O2S. The average Bonchev–Trinajstić information content (AvgIpc) is 2.95. The van der Waals surface area contributed by atoms with Crippen molar-refractivity contribution in [2.24, 2.45) is 0 Å². The zero-order valence-corrected chi connectivity index (χ0v) is 15.9. The number of rotatable bonds is 4. The van der Waals surface area contributed by atoms with Gasteiger partial charge in [-0.2, -0.15) is 13.2 Å². The molecule has 0 saturated heterocycles. The van der Waals surface area contributed by atoms with Gasteiger partial charge in [0.05, 0.1) is 23.9 Å². The normalized spacial score (nSPS) is 11.9. The van der Waals surface area contributed by atoms with Crippen molar-refractivity contribution in [3.8, 4) is 11.6 Å². The fourth-order valence-corrected chi connectivity index (χ4v) is 3.72. The Labute approximate surface area is 171 Å². The van der Waals surface area contributed by atoms with Gasteiger partial charge in [0.1, 0.15) is 5.82 Å². The van der Waals surface area contributed by atoms with E-state index in [0.717, 1.165) is 4.57 Å². The summed E-state index contributed by atoms with van der Waals surface area (Å²) < 4.78 is 53.9. The zero-order chi connectivity index (χ0) is 21.5. The molecule has 0 saturated carbocycles. The number of hydrogen-bond acceptors (Lipinski definition) is 4. The van der Waals surface area contributed by atoms with Gasteiger partial charge in [-0.1, -0.05) is 6.07 Å². The second kappa shape index (κ2) is 7.52. The van der Waals surface area contributed by atoms with Gasteiger partial charge in [-0.05, 0) is 59.8 Å². The predicted molar refractivity (Wildman–Crippen MR) is 104 cm³/mol. The standard InChI is InChI=1S/C20H13F4N3O2S/c21-15-2-1-3-16-18(15)12(8-9-25-16)10-26-11-17(28)27(19(26)29)13-4-6-14(7-5-13)30-20(22,23)24/h1-9,11,28H,10H2.